The highest BCUT2D eigenvalue weighted by Crippen LogP contribution is 2.20. The van der Waals surface area contributed by atoms with Crippen molar-refractivity contribution in [1.82, 2.24) is 25.2 Å². The Bertz CT molecular complexity index is 730. The van der Waals surface area contributed by atoms with Gasteiger partial charge in [0.1, 0.15) is 0 Å². The Kier molecular flexibility index (Phi) is 5.87. The summed E-state index contributed by atoms with van der Waals surface area (Å²) in [4.78, 5) is 28.4. The SMILES string of the molecule is CNC(=O)c1ccc(CN(C)[C@@H](C)c2nc(N)nc(N(C)C)n2)cc1. The third-order valence-electron chi connectivity index (χ3n) is 3.97. The van der Waals surface area contributed by atoms with E-state index in [0.29, 0.717) is 23.9 Å². The number of carbonyl (C=O) groups excluding carboxylic acids is 1. The Hall–Kier alpha value is -2.74. The smallest absolute Gasteiger partial charge is 0.251 e. The molecule has 3 N–H and O–H groups in total. The molecule has 2 rings (SSSR count). The number of nitrogen functional groups attached to an aromatic ring is 1. The zero-order chi connectivity index (χ0) is 18.6. The quantitative estimate of drug-likeness (QED) is 0.809. The van der Waals surface area contributed by atoms with Gasteiger partial charge in [-0.25, -0.2) is 0 Å². The molecule has 1 amide bonds. The molecule has 0 saturated carbocycles. The molecular weight excluding hydrogens is 318 g/mol. The number of nitrogens with one attached hydrogen (secondary N) is 1. The number of benzene rings is 1. The number of carbonyl (C=O) groups is 1. The second-order valence-corrected chi connectivity index (χ2v) is 6.11. The molecule has 1 heterocycles. The zero-order valence-corrected chi connectivity index (χ0v) is 15.3. The van der Waals surface area contributed by atoms with Crippen LogP contribution in [0.25, 0.3) is 0 Å². The van der Waals surface area contributed by atoms with Crippen molar-refractivity contribution in [2.75, 3.05) is 38.8 Å². The van der Waals surface area contributed by atoms with E-state index in [1.807, 2.05) is 52.3 Å². The van der Waals surface area contributed by atoms with Crippen LogP contribution in [0.1, 0.15) is 34.7 Å². The molecule has 0 fully saturated rings. The second kappa shape index (κ2) is 7.89. The third kappa shape index (κ3) is 4.63. The first-order chi connectivity index (χ1) is 11.8. The number of hydrogen-bond acceptors (Lipinski definition) is 7. The van der Waals surface area contributed by atoms with Gasteiger partial charge in [0.15, 0.2) is 5.82 Å². The maximum atomic E-state index is 11.6. The average Bonchev–Trinajstić information content (AvgIpc) is 2.60. The molecule has 0 unspecified atom stereocenters. The fourth-order valence-corrected chi connectivity index (χ4v) is 2.31. The van der Waals surface area contributed by atoms with Gasteiger partial charge in [-0.15, -0.1) is 0 Å². The lowest BCUT2D eigenvalue weighted by Gasteiger charge is -2.24. The molecule has 0 radical (unpaired) electrons. The van der Waals surface area contributed by atoms with Gasteiger partial charge in [-0.3, -0.25) is 9.69 Å². The van der Waals surface area contributed by atoms with E-state index in [1.54, 1.807) is 11.9 Å². The predicted molar refractivity (Wildman–Crippen MR) is 98.3 cm³/mol. The topological polar surface area (TPSA) is 100 Å². The maximum Gasteiger partial charge on any atom is 0.251 e. The highest BCUT2D eigenvalue weighted by molar-refractivity contribution is 5.93. The number of anilines is 2. The van der Waals surface area contributed by atoms with E-state index in [0.717, 1.165) is 5.56 Å². The van der Waals surface area contributed by atoms with Crippen LogP contribution in [0.15, 0.2) is 24.3 Å². The number of rotatable bonds is 6. The van der Waals surface area contributed by atoms with Crippen LogP contribution >= 0.6 is 0 Å². The van der Waals surface area contributed by atoms with Crippen molar-refractivity contribution in [2.45, 2.75) is 19.5 Å². The monoisotopic (exact) mass is 343 g/mol. The number of amides is 1. The Balaban J connectivity index is 2.12. The molecule has 0 aliphatic carbocycles. The van der Waals surface area contributed by atoms with Gasteiger partial charge in [0.25, 0.3) is 5.91 Å². The van der Waals surface area contributed by atoms with Crippen LogP contribution in [0.5, 0.6) is 0 Å². The van der Waals surface area contributed by atoms with Gasteiger partial charge in [-0.2, -0.15) is 15.0 Å². The van der Waals surface area contributed by atoms with E-state index in [-0.39, 0.29) is 17.9 Å². The van der Waals surface area contributed by atoms with Crippen molar-refractivity contribution < 1.29 is 4.79 Å². The van der Waals surface area contributed by atoms with Crippen LogP contribution in [-0.4, -0.2) is 53.9 Å². The molecule has 8 nitrogen and oxygen atoms in total. The average molecular weight is 343 g/mol. The summed E-state index contributed by atoms with van der Waals surface area (Å²) in [6.45, 7) is 2.71. The van der Waals surface area contributed by atoms with E-state index in [2.05, 4.69) is 25.2 Å². The molecule has 8 heteroatoms. The maximum absolute atomic E-state index is 11.6. The van der Waals surface area contributed by atoms with Crippen molar-refractivity contribution in [3.05, 3.63) is 41.2 Å². The van der Waals surface area contributed by atoms with Crippen LogP contribution < -0.4 is 16.0 Å². The third-order valence-corrected chi connectivity index (χ3v) is 3.97. The minimum absolute atomic E-state index is 0.0392. The number of nitrogens with two attached hydrogens (primary N) is 1. The van der Waals surface area contributed by atoms with Gasteiger partial charge < -0.3 is 16.0 Å². The van der Waals surface area contributed by atoms with Gasteiger partial charge in [0, 0.05) is 33.3 Å². The highest BCUT2D eigenvalue weighted by atomic mass is 16.1. The summed E-state index contributed by atoms with van der Waals surface area (Å²) in [5.41, 5.74) is 7.54. The lowest BCUT2D eigenvalue weighted by molar-refractivity contribution is 0.0963. The lowest BCUT2D eigenvalue weighted by atomic mass is 10.1. The summed E-state index contributed by atoms with van der Waals surface area (Å²) in [5, 5.41) is 2.61. The van der Waals surface area contributed by atoms with Crippen molar-refractivity contribution >= 4 is 17.8 Å². The van der Waals surface area contributed by atoms with Crippen molar-refractivity contribution in [3.8, 4) is 0 Å². The molecule has 0 saturated heterocycles. The summed E-state index contributed by atoms with van der Waals surface area (Å²) in [5.74, 6) is 1.28. The summed E-state index contributed by atoms with van der Waals surface area (Å²) in [6, 6.07) is 7.49. The first-order valence-electron chi connectivity index (χ1n) is 8.02. The molecule has 2 aromatic rings. The summed E-state index contributed by atoms with van der Waals surface area (Å²) < 4.78 is 0. The normalized spacial score (nSPS) is 12.1. The standard InChI is InChI=1S/C17H25N7O/c1-11(14-20-16(18)22-17(21-14)23(3)4)24(5)10-12-6-8-13(9-7-12)15(25)19-2/h6-9,11H,10H2,1-5H3,(H,19,25)(H2,18,20,21,22)/t11-/m0/s1. The van der Waals surface area contributed by atoms with Gasteiger partial charge in [-0.05, 0) is 31.7 Å². The summed E-state index contributed by atoms with van der Waals surface area (Å²) in [7, 11) is 7.34. The molecular formula is C17H25N7O. The van der Waals surface area contributed by atoms with Gasteiger partial charge in [0.05, 0.1) is 6.04 Å². The predicted octanol–water partition coefficient (Wildman–Crippen LogP) is 1.07. The molecule has 134 valence electrons. The molecule has 0 aliphatic rings. The fourth-order valence-electron chi connectivity index (χ4n) is 2.31. The van der Waals surface area contributed by atoms with E-state index in [9.17, 15) is 4.79 Å². The van der Waals surface area contributed by atoms with E-state index >= 15 is 0 Å². The van der Waals surface area contributed by atoms with E-state index in [1.165, 1.54) is 0 Å². The van der Waals surface area contributed by atoms with Crippen LogP contribution in [0.3, 0.4) is 0 Å². The molecule has 0 spiro atoms. The first-order valence-corrected chi connectivity index (χ1v) is 8.02. The number of aromatic nitrogens is 3. The summed E-state index contributed by atoms with van der Waals surface area (Å²) in [6.07, 6.45) is 0. The molecule has 1 aromatic carbocycles. The minimum atomic E-state index is -0.0925. The zero-order valence-electron chi connectivity index (χ0n) is 15.3. The lowest BCUT2D eigenvalue weighted by Crippen LogP contribution is -2.25. The Morgan fingerprint density at radius 3 is 2.36 bits per heavy atom. The fraction of sp³-hybridized carbons (Fsp3) is 0.412. The van der Waals surface area contributed by atoms with Crippen molar-refractivity contribution in [3.63, 3.8) is 0 Å². The Morgan fingerprint density at radius 2 is 1.80 bits per heavy atom. The minimum Gasteiger partial charge on any atom is -0.368 e. The molecule has 0 bridgehead atoms. The van der Waals surface area contributed by atoms with E-state index in [4.69, 9.17) is 5.73 Å². The molecule has 1 aromatic heterocycles. The van der Waals surface area contributed by atoms with Crippen LogP contribution in [0, 0.1) is 0 Å². The largest absolute Gasteiger partial charge is 0.368 e. The second-order valence-electron chi connectivity index (χ2n) is 6.11. The van der Waals surface area contributed by atoms with Gasteiger partial charge in [-0.1, -0.05) is 12.1 Å². The van der Waals surface area contributed by atoms with E-state index < -0.39 is 0 Å². The van der Waals surface area contributed by atoms with Crippen LogP contribution in [-0.2, 0) is 6.54 Å². The van der Waals surface area contributed by atoms with Crippen LogP contribution in [0.2, 0.25) is 0 Å². The number of hydrogen-bond donors (Lipinski definition) is 2. The summed E-state index contributed by atoms with van der Waals surface area (Å²) >= 11 is 0. The van der Waals surface area contributed by atoms with Crippen LogP contribution in [0.4, 0.5) is 11.9 Å². The first kappa shape index (κ1) is 18.6. The molecule has 25 heavy (non-hydrogen) atoms. The molecule has 1 atom stereocenters. The highest BCUT2D eigenvalue weighted by Gasteiger charge is 2.17. The Labute approximate surface area is 148 Å². The number of nitrogens with zero attached hydrogens (tertiary/aromatic N) is 5. The molecule has 0 aliphatic heterocycles. The van der Waals surface area contributed by atoms with Gasteiger partial charge >= 0.3 is 0 Å². The van der Waals surface area contributed by atoms with Crippen molar-refractivity contribution in [2.24, 2.45) is 0 Å². The van der Waals surface area contributed by atoms with Crippen molar-refractivity contribution in [1.29, 1.82) is 0 Å². The Morgan fingerprint density at radius 1 is 1.16 bits per heavy atom. The van der Waals surface area contributed by atoms with Gasteiger partial charge in [0.2, 0.25) is 11.9 Å².